The number of nitrogens with zero attached hydrogens (tertiary/aromatic N) is 1. The Kier molecular flexibility index (Phi) is 3.97. The van der Waals surface area contributed by atoms with Crippen LogP contribution in [-0.2, 0) is 9.47 Å². The maximum Gasteiger partial charge on any atom is 0.0826 e. The predicted molar refractivity (Wildman–Crippen MR) is 59.1 cm³/mol. The van der Waals surface area contributed by atoms with E-state index in [2.05, 4.69) is 24.1 Å². The fourth-order valence-corrected chi connectivity index (χ4v) is 2.00. The van der Waals surface area contributed by atoms with Crippen LogP contribution in [0, 0.1) is 0 Å². The summed E-state index contributed by atoms with van der Waals surface area (Å²) in [6, 6.07) is 1.19. The highest BCUT2D eigenvalue weighted by molar-refractivity contribution is 4.83. The minimum absolute atomic E-state index is 0.349. The van der Waals surface area contributed by atoms with E-state index in [0.29, 0.717) is 18.2 Å². The van der Waals surface area contributed by atoms with Gasteiger partial charge in [0.2, 0.25) is 0 Å². The maximum absolute atomic E-state index is 5.73. The second kappa shape index (κ2) is 5.25. The quantitative estimate of drug-likeness (QED) is 0.719. The number of hydrogen-bond donors (Lipinski definition) is 1. The van der Waals surface area contributed by atoms with E-state index >= 15 is 0 Å². The molecule has 2 aliphatic rings. The van der Waals surface area contributed by atoms with Crippen molar-refractivity contribution >= 4 is 0 Å². The molecule has 2 saturated heterocycles. The highest BCUT2D eigenvalue weighted by atomic mass is 16.5. The Labute approximate surface area is 91.9 Å². The van der Waals surface area contributed by atoms with Gasteiger partial charge in [-0.25, -0.2) is 0 Å². The lowest BCUT2D eigenvalue weighted by atomic mass is 10.1. The molecule has 1 N–H and O–H groups in total. The number of nitrogens with one attached hydrogen (secondary N) is 1. The third kappa shape index (κ3) is 3.14. The van der Waals surface area contributed by atoms with Crippen LogP contribution in [0.3, 0.4) is 0 Å². The summed E-state index contributed by atoms with van der Waals surface area (Å²) < 4.78 is 11.0. The standard InChI is InChI=1S/C11H22N2O2/c1-9(2)12-5-11-6-13(3-4-15-11)10-7-14-8-10/h9-12H,3-8H2,1-2H3. The van der Waals surface area contributed by atoms with E-state index in [4.69, 9.17) is 9.47 Å². The van der Waals surface area contributed by atoms with Crippen LogP contribution < -0.4 is 5.32 Å². The van der Waals surface area contributed by atoms with Gasteiger partial charge in [-0.1, -0.05) is 13.8 Å². The van der Waals surface area contributed by atoms with E-state index < -0.39 is 0 Å². The van der Waals surface area contributed by atoms with Crippen LogP contribution in [0.25, 0.3) is 0 Å². The summed E-state index contributed by atoms with van der Waals surface area (Å²) in [5.74, 6) is 0. The van der Waals surface area contributed by atoms with Gasteiger partial charge in [0.05, 0.1) is 32.0 Å². The summed E-state index contributed by atoms with van der Waals surface area (Å²) >= 11 is 0. The molecule has 15 heavy (non-hydrogen) atoms. The van der Waals surface area contributed by atoms with Crippen molar-refractivity contribution in [2.45, 2.75) is 32.0 Å². The number of morpholine rings is 1. The number of hydrogen-bond acceptors (Lipinski definition) is 4. The highest BCUT2D eigenvalue weighted by Crippen LogP contribution is 2.14. The van der Waals surface area contributed by atoms with Gasteiger partial charge >= 0.3 is 0 Å². The van der Waals surface area contributed by atoms with Crippen molar-refractivity contribution < 1.29 is 9.47 Å². The van der Waals surface area contributed by atoms with Crippen molar-refractivity contribution in [3.8, 4) is 0 Å². The first-order valence-corrected chi connectivity index (χ1v) is 5.92. The summed E-state index contributed by atoms with van der Waals surface area (Å²) in [6.07, 6.45) is 0.349. The maximum atomic E-state index is 5.73. The Morgan fingerprint density at radius 1 is 1.40 bits per heavy atom. The van der Waals surface area contributed by atoms with E-state index in [1.54, 1.807) is 0 Å². The molecule has 0 aromatic heterocycles. The molecule has 1 atom stereocenters. The fraction of sp³-hybridized carbons (Fsp3) is 1.00. The van der Waals surface area contributed by atoms with Crippen LogP contribution >= 0.6 is 0 Å². The van der Waals surface area contributed by atoms with Crippen LogP contribution in [0.15, 0.2) is 0 Å². The molecular weight excluding hydrogens is 192 g/mol. The Hall–Kier alpha value is -0.160. The van der Waals surface area contributed by atoms with Crippen molar-refractivity contribution in [1.82, 2.24) is 10.2 Å². The van der Waals surface area contributed by atoms with Crippen LogP contribution in [0.1, 0.15) is 13.8 Å². The highest BCUT2D eigenvalue weighted by Gasteiger charge is 2.30. The van der Waals surface area contributed by atoms with Crippen LogP contribution in [-0.4, -0.2) is 62.5 Å². The third-order valence-electron chi connectivity index (χ3n) is 3.06. The Bertz CT molecular complexity index is 195. The molecule has 2 aliphatic heterocycles. The second-order valence-electron chi connectivity index (χ2n) is 4.74. The lowest BCUT2D eigenvalue weighted by Crippen LogP contribution is -2.56. The molecule has 0 aromatic rings. The van der Waals surface area contributed by atoms with Gasteiger partial charge < -0.3 is 14.8 Å². The van der Waals surface area contributed by atoms with Gasteiger partial charge in [-0.15, -0.1) is 0 Å². The Balaban J connectivity index is 1.71. The minimum Gasteiger partial charge on any atom is -0.378 e. The molecule has 4 nitrogen and oxygen atoms in total. The zero-order chi connectivity index (χ0) is 10.7. The molecule has 0 radical (unpaired) electrons. The van der Waals surface area contributed by atoms with Gasteiger partial charge in [0.1, 0.15) is 0 Å². The zero-order valence-corrected chi connectivity index (χ0v) is 9.74. The van der Waals surface area contributed by atoms with Gasteiger partial charge in [0.15, 0.2) is 0 Å². The first-order chi connectivity index (χ1) is 7.25. The Morgan fingerprint density at radius 2 is 2.20 bits per heavy atom. The molecule has 4 heteroatoms. The fourth-order valence-electron chi connectivity index (χ4n) is 2.00. The van der Waals surface area contributed by atoms with Crippen LogP contribution in [0.4, 0.5) is 0 Å². The van der Waals surface area contributed by atoms with E-state index in [-0.39, 0.29) is 0 Å². The average molecular weight is 214 g/mol. The zero-order valence-electron chi connectivity index (χ0n) is 9.74. The molecule has 2 heterocycles. The first kappa shape index (κ1) is 11.3. The molecule has 0 aliphatic carbocycles. The van der Waals surface area contributed by atoms with Crippen molar-refractivity contribution in [3.63, 3.8) is 0 Å². The van der Waals surface area contributed by atoms with Crippen molar-refractivity contribution in [2.75, 3.05) is 39.5 Å². The second-order valence-corrected chi connectivity index (χ2v) is 4.74. The summed E-state index contributed by atoms with van der Waals surface area (Å²) in [4.78, 5) is 2.50. The van der Waals surface area contributed by atoms with Crippen molar-refractivity contribution in [1.29, 1.82) is 0 Å². The molecule has 0 amide bonds. The van der Waals surface area contributed by atoms with Crippen LogP contribution in [0.5, 0.6) is 0 Å². The summed E-state index contributed by atoms with van der Waals surface area (Å²) in [7, 11) is 0. The number of rotatable bonds is 4. The first-order valence-electron chi connectivity index (χ1n) is 5.92. The van der Waals surface area contributed by atoms with Gasteiger partial charge in [0.25, 0.3) is 0 Å². The van der Waals surface area contributed by atoms with E-state index in [0.717, 1.165) is 39.5 Å². The summed E-state index contributed by atoms with van der Waals surface area (Å²) in [5, 5.41) is 3.43. The van der Waals surface area contributed by atoms with Gasteiger partial charge in [-0.05, 0) is 0 Å². The third-order valence-corrected chi connectivity index (χ3v) is 3.06. The monoisotopic (exact) mass is 214 g/mol. The van der Waals surface area contributed by atoms with Crippen molar-refractivity contribution in [3.05, 3.63) is 0 Å². The molecule has 0 aromatic carbocycles. The molecule has 88 valence electrons. The SMILES string of the molecule is CC(C)NCC1CN(C2COC2)CCO1. The van der Waals surface area contributed by atoms with Gasteiger partial charge in [0, 0.05) is 25.7 Å². The number of ether oxygens (including phenoxy) is 2. The lowest BCUT2D eigenvalue weighted by Gasteiger charge is -2.42. The molecular formula is C11H22N2O2. The summed E-state index contributed by atoms with van der Waals surface area (Å²) in [6.45, 7) is 10.1. The smallest absolute Gasteiger partial charge is 0.0826 e. The van der Waals surface area contributed by atoms with Crippen molar-refractivity contribution in [2.24, 2.45) is 0 Å². The molecule has 0 saturated carbocycles. The summed E-state index contributed by atoms with van der Waals surface area (Å²) in [5.41, 5.74) is 0. The van der Waals surface area contributed by atoms with E-state index in [1.807, 2.05) is 0 Å². The van der Waals surface area contributed by atoms with Crippen LogP contribution in [0.2, 0.25) is 0 Å². The Morgan fingerprint density at radius 3 is 2.80 bits per heavy atom. The predicted octanol–water partition coefficient (Wildman–Crippen LogP) is 0.0840. The molecule has 2 rings (SSSR count). The molecule has 0 bridgehead atoms. The average Bonchev–Trinajstić information content (AvgIpc) is 2.13. The van der Waals surface area contributed by atoms with E-state index in [1.165, 1.54) is 0 Å². The molecule has 2 fully saturated rings. The topological polar surface area (TPSA) is 33.7 Å². The normalized spacial score (nSPS) is 29.4. The minimum atomic E-state index is 0.349. The van der Waals surface area contributed by atoms with E-state index in [9.17, 15) is 0 Å². The van der Waals surface area contributed by atoms with Gasteiger partial charge in [-0.3, -0.25) is 4.90 Å². The largest absolute Gasteiger partial charge is 0.378 e. The lowest BCUT2D eigenvalue weighted by molar-refractivity contribution is -0.113. The molecule has 1 unspecified atom stereocenters. The molecule has 0 spiro atoms. The van der Waals surface area contributed by atoms with Gasteiger partial charge in [-0.2, -0.15) is 0 Å².